The van der Waals surface area contributed by atoms with Crippen molar-refractivity contribution in [3.8, 4) is 0 Å². The first-order valence-corrected chi connectivity index (χ1v) is 9.56. The van der Waals surface area contributed by atoms with E-state index in [-0.39, 0.29) is 6.04 Å². The fourth-order valence-electron chi connectivity index (χ4n) is 2.86. The van der Waals surface area contributed by atoms with E-state index in [0.29, 0.717) is 37.7 Å². The van der Waals surface area contributed by atoms with Crippen molar-refractivity contribution in [2.45, 2.75) is 24.8 Å². The van der Waals surface area contributed by atoms with Crippen molar-refractivity contribution in [1.29, 1.82) is 0 Å². The van der Waals surface area contributed by atoms with Crippen LogP contribution in [0.15, 0.2) is 29.2 Å². The first-order chi connectivity index (χ1) is 11.0. The Bertz CT molecular complexity index is 583. The quantitative estimate of drug-likeness (QED) is 0.802. The standard InChI is InChI=1S/C16H27N3O3S/c1-3-18(9-8-17)14(2)15-4-6-16(7-5-15)23(20,21)19-10-12-22-13-11-19/h4-7,14H,3,8-13,17H2,1-2H3. The average Bonchev–Trinajstić information content (AvgIpc) is 2.60. The number of nitrogens with two attached hydrogens (primary N) is 1. The van der Waals surface area contributed by atoms with Crippen LogP contribution in [0.1, 0.15) is 25.5 Å². The lowest BCUT2D eigenvalue weighted by atomic mass is 10.1. The van der Waals surface area contributed by atoms with Crippen LogP contribution in [0.5, 0.6) is 0 Å². The predicted molar refractivity (Wildman–Crippen MR) is 90.7 cm³/mol. The van der Waals surface area contributed by atoms with Gasteiger partial charge in [-0.1, -0.05) is 19.1 Å². The van der Waals surface area contributed by atoms with Gasteiger partial charge in [-0.15, -0.1) is 0 Å². The van der Waals surface area contributed by atoms with Gasteiger partial charge in [0.2, 0.25) is 10.0 Å². The van der Waals surface area contributed by atoms with Crippen LogP contribution < -0.4 is 5.73 Å². The van der Waals surface area contributed by atoms with Crippen molar-refractivity contribution < 1.29 is 13.2 Å². The minimum Gasteiger partial charge on any atom is -0.379 e. The molecule has 1 fully saturated rings. The summed E-state index contributed by atoms with van der Waals surface area (Å²) in [5.74, 6) is 0. The summed E-state index contributed by atoms with van der Waals surface area (Å²) in [6.07, 6.45) is 0. The molecule has 2 N–H and O–H groups in total. The highest BCUT2D eigenvalue weighted by Gasteiger charge is 2.26. The molecule has 0 aromatic heterocycles. The molecule has 130 valence electrons. The van der Waals surface area contributed by atoms with E-state index in [9.17, 15) is 8.42 Å². The van der Waals surface area contributed by atoms with Crippen LogP contribution in [-0.4, -0.2) is 63.6 Å². The predicted octanol–water partition coefficient (Wildman–Crippen LogP) is 1.05. The van der Waals surface area contributed by atoms with E-state index in [2.05, 4.69) is 18.7 Å². The molecule has 1 aromatic carbocycles. The average molecular weight is 341 g/mol. The van der Waals surface area contributed by atoms with Crippen molar-refractivity contribution in [3.05, 3.63) is 29.8 Å². The summed E-state index contributed by atoms with van der Waals surface area (Å²) in [6.45, 7) is 8.31. The highest BCUT2D eigenvalue weighted by Crippen LogP contribution is 2.23. The molecule has 6 nitrogen and oxygen atoms in total. The molecule has 7 heteroatoms. The van der Waals surface area contributed by atoms with Gasteiger partial charge in [0.1, 0.15) is 0 Å². The summed E-state index contributed by atoms with van der Waals surface area (Å²) in [5.41, 5.74) is 6.75. The maximum Gasteiger partial charge on any atom is 0.243 e. The SMILES string of the molecule is CCN(CCN)C(C)c1ccc(S(=O)(=O)N2CCOCC2)cc1. The minimum absolute atomic E-state index is 0.212. The van der Waals surface area contributed by atoms with E-state index in [4.69, 9.17) is 10.5 Å². The number of rotatable bonds is 7. The van der Waals surface area contributed by atoms with Crippen molar-refractivity contribution in [2.75, 3.05) is 45.9 Å². The van der Waals surface area contributed by atoms with Crippen molar-refractivity contribution in [1.82, 2.24) is 9.21 Å². The van der Waals surface area contributed by atoms with Crippen molar-refractivity contribution in [2.24, 2.45) is 5.73 Å². The zero-order chi connectivity index (χ0) is 16.9. The molecule has 1 saturated heterocycles. The number of hydrogen-bond acceptors (Lipinski definition) is 5. The van der Waals surface area contributed by atoms with Crippen LogP contribution >= 0.6 is 0 Å². The third-order valence-corrected chi connectivity index (χ3v) is 6.25. The number of nitrogens with zero attached hydrogens (tertiary/aromatic N) is 2. The van der Waals surface area contributed by atoms with Crippen LogP contribution in [0.25, 0.3) is 0 Å². The highest BCUT2D eigenvalue weighted by molar-refractivity contribution is 7.89. The van der Waals surface area contributed by atoms with Gasteiger partial charge in [-0.05, 0) is 31.2 Å². The summed E-state index contributed by atoms with van der Waals surface area (Å²) in [7, 11) is -3.42. The van der Waals surface area contributed by atoms with Crippen molar-refractivity contribution >= 4 is 10.0 Å². The number of hydrogen-bond donors (Lipinski definition) is 1. The second-order valence-corrected chi connectivity index (χ2v) is 7.62. The lowest BCUT2D eigenvalue weighted by molar-refractivity contribution is 0.0730. The van der Waals surface area contributed by atoms with Gasteiger partial charge in [-0.25, -0.2) is 8.42 Å². The van der Waals surface area contributed by atoms with Crippen LogP contribution in [0, 0.1) is 0 Å². The molecule has 1 aliphatic heterocycles. The van der Waals surface area contributed by atoms with Gasteiger partial charge in [-0.3, -0.25) is 4.90 Å². The number of sulfonamides is 1. The van der Waals surface area contributed by atoms with Crippen molar-refractivity contribution in [3.63, 3.8) is 0 Å². The van der Waals surface area contributed by atoms with Gasteiger partial charge in [0.05, 0.1) is 18.1 Å². The van der Waals surface area contributed by atoms with Gasteiger partial charge in [-0.2, -0.15) is 4.31 Å². The Labute approximate surface area is 139 Å². The lowest BCUT2D eigenvalue weighted by Gasteiger charge is -2.28. The van der Waals surface area contributed by atoms with Crippen LogP contribution in [0.2, 0.25) is 0 Å². The van der Waals surface area contributed by atoms with Gasteiger partial charge < -0.3 is 10.5 Å². The lowest BCUT2D eigenvalue weighted by Crippen LogP contribution is -2.40. The first-order valence-electron chi connectivity index (χ1n) is 8.12. The van der Waals surface area contributed by atoms with E-state index in [1.807, 2.05) is 12.1 Å². The number of morpholine rings is 1. The third-order valence-electron chi connectivity index (χ3n) is 4.34. The molecule has 1 atom stereocenters. The van der Waals surface area contributed by atoms with Gasteiger partial charge in [0.25, 0.3) is 0 Å². The molecular formula is C16H27N3O3S. The van der Waals surface area contributed by atoms with E-state index in [1.165, 1.54) is 4.31 Å². The van der Waals surface area contributed by atoms with Gasteiger partial charge in [0, 0.05) is 32.2 Å². The second kappa shape index (κ2) is 8.21. The molecule has 2 rings (SSSR count). The molecule has 0 saturated carbocycles. The van der Waals surface area contributed by atoms with E-state index < -0.39 is 10.0 Å². The molecule has 0 spiro atoms. The molecular weight excluding hydrogens is 314 g/mol. The fourth-order valence-corrected chi connectivity index (χ4v) is 4.26. The Morgan fingerprint density at radius 3 is 2.39 bits per heavy atom. The molecule has 23 heavy (non-hydrogen) atoms. The number of ether oxygens (including phenoxy) is 1. The molecule has 1 aliphatic rings. The molecule has 0 aliphatic carbocycles. The van der Waals surface area contributed by atoms with Gasteiger partial charge >= 0.3 is 0 Å². The van der Waals surface area contributed by atoms with E-state index in [0.717, 1.165) is 18.7 Å². The first kappa shape index (κ1) is 18.4. The Hall–Kier alpha value is -0.990. The molecule has 1 aromatic rings. The molecule has 1 unspecified atom stereocenters. The third kappa shape index (κ3) is 4.30. The summed E-state index contributed by atoms with van der Waals surface area (Å²) >= 11 is 0. The maximum absolute atomic E-state index is 12.6. The smallest absolute Gasteiger partial charge is 0.243 e. The molecule has 1 heterocycles. The highest BCUT2D eigenvalue weighted by atomic mass is 32.2. The second-order valence-electron chi connectivity index (χ2n) is 5.68. The van der Waals surface area contributed by atoms with Crippen LogP contribution in [0.3, 0.4) is 0 Å². The minimum atomic E-state index is -3.42. The summed E-state index contributed by atoms with van der Waals surface area (Å²) < 4.78 is 31.9. The summed E-state index contributed by atoms with van der Waals surface area (Å²) in [4.78, 5) is 2.61. The zero-order valence-electron chi connectivity index (χ0n) is 13.9. The Morgan fingerprint density at radius 2 is 1.87 bits per heavy atom. The maximum atomic E-state index is 12.6. The fraction of sp³-hybridized carbons (Fsp3) is 0.625. The zero-order valence-corrected chi connectivity index (χ0v) is 14.8. The Balaban J connectivity index is 2.15. The molecule has 0 radical (unpaired) electrons. The topological polar surface area (TPSA) is 75.9 Å². The molecule has 0 bridgehead atoms. The normalized spacial score (nSPS) is 18.3. The number of benzene rings is 1. The van der Waals surface area contributed by atoms with Crippen LogP contribution in [-0.2, 0) is 14.8 Å². The van der Waals surface area contributed by atoms with E-state index >= 15 is 0 Å². The monoisotopic (exact) mass is 341 g/mol. The molecule has 0 amide bonds. The van der Waals surface area contributed by atoms with Gasteiger partial charge in [0.15, 0.2) is 0 Å². The Morgan fingerprint density at radius 1 is 1.26 bits per heavy atom. The van der Waals surface area contributed by atoms with Crippen LogP contribution in [0.4, 0.5) is 0 Å². The number of likely N-dealkylation sites (N-methyl/N-ethyl adjacent to an activating group) is 1. The van der Waals surface area contributed by atoms with E-state index in [1.54, 1.807) is 12.1 Å². The largest absolute Gasteiger partial charge is 0.379 e. The summed E-state index contributed by atoms with van der Waals surface area (Å²) in [5, 5.41) is 0. The Kier molecular flexibility index (Phi) is 6.55. The summed E-state index contributed by atoms with van der Waals surface area (Å²) in [6, 6.07) is 7.41.